The van der Waals surface area contributed by atoms with Gasteiger partial charge in [0, 0.05) is 18.4 Å². The monoisotopic (exact) mass is 384 g/mol. The number of nitrogens with one attached hydrogen (secondary N) is 1. The molecule has 2 atom stereocenters. The van der Waals surface area contributed by atoms with Crippen molar-refractivity contribution in [1.29, 1.82) is 0 Å². The van der Waals surface area contributed by atoms with Gasteiger partial charge in [-0.3, -0.25) is 4.79 Å². The minimum atomic E-state index is -0.164. The Morgan fingerprint density at radius 3 is 2.67 bits per heavy atom. The summed E-state index contributed by atoms with van der Waals surface area (Å²) < 4.78 is 5.25. The second kappa shape index (κ2) is 8.33. The number of benzene rings is 2. The molecule has 0 bridgehead atoms. The Kier molecular flexibility index (Phi) is 5.88. The average Bonchev–Trinajstić information content (AvgIpc) is 3.27. The Morgan fingerprint density at radius 2 is 1.89 bits per heavy atom. The van der Waals surface area contributed by atoms with Crippen LogP contribution in [0.15, 0.2) is 59.1 Å². The minimum Gasteiger partial charge on any atom is -0.351 e. The number of aromatic nitrogens is 2. The fraction of sp³-hybridized carbons (Fsp3) is 0.250. The molecule has 0 radical (unpaired) electrons. The largest absolute Gasteiger partial charge is 0.351 e. The summed E-state index contributed by atoms with van der Waals surface area (Å²) >= 11 is 0. The number of rotatable bonds is 5. The lowest BCUT2D eigenvalue weighted by molar-refractivity contribution is -0.121. The van der Waals surface area contributed by atoms with E-state index in [4.69, 9.17) is 10.3 Å². The van der Waals surface area contributed by atoms with E-state index in [1.807, 2.05) is 48.5 Å². The fourth-order valence-corrected chi connectivity index (χ4v) is 3.33. The Labute approximate surface area is 163 Å². The van der Waals surface area contributed by atoms with Gasteiger partial charge in [-0.05, 0) is 17.5 Å². The topological polar surface area (TPSA) is 94.0 Å². The molecule has 0 unspecified atom stereocenters. The lowest BCUT2D eigenvalue weighted by Crippen LogP contribution is -2.40. The first kappa shape index (κ1) is 19.1. The number of nitrogens with two attached hydrogens (primary N) is 1. The first-order valence-corrected chi connectivity index (χ1v) is 8.71. The van der Waals surface area contributed by atoms with Crippen LogP contribution in [0.5, 0.6) is 0 Å². The summed E-state index contributed by atoms with van der Waals surface area (Å²) in [4.78, 5) is 16.6. The molecule has 1 aliphatic rings. The normalized spacial score (nSPS) is 17.8. The number of carbonyl (C=O) groups is 1. The van der Waals surface area contributed by atoms with Gasteiger partial charge in [-0.1, -0.05) is 59.8 Å². The van der Waals surface area contributed by atoms with Crippen LogP contribution in [0.25, 0.3) is 11.4 Å². The van der Waals surface area contributed by atoms with E-state index in [9.17, 15) is 4.79 Å². The zero-order valence-electron chi connectivity index (χ0n) is 14.7. The summed E-state index contributed by atoms with van der Waals surface area (Å²) in [5.41, 5.74) is 9.47. The van der Waals surface area contributed by atoms with Crippen molar-refractivity contribution in [2.45, 2.75) is 31.3 Å². The van der Waals surface area contributed by atoms with Gasteiger partial charge in [-0.15, -0.1) is 12.4 Å². The van der Waals surface area contributed by atoms with Gasteiger partial charge < -0.3 is 15.6 Å². The lowest BCUT2D eigenvalue weighted by Gasteiger charge is -2.17. The van der Waals surface area contributed by atoms with Crippen molar-refractivity contribution in [3.63, 3.8) is 0 Å². The van der Waals surface area contributed by atoms with Crippen LogP contribution in [-0.4, -0.2) is 22.1 Å². The van der Waals surface area contributed by atoms with Gasteiger partial charge in [0.1, 0.15) is 0 Å². The number of fused-ring (bicyclic) bond motifs is 1. The second-order valence-corrected chi connectivity index (χ2v) is 6.48. The fourth-order valence-electron chi connectivity index (χ4n) is 3.33. The van der Waals surface area contributed by atoms with E-state index in [2.05, 4.69) is 21.5 Å². The summed E-state index contributed by atoms with van der Waals surface area (Å²) in [5, 5.41) is 7.00. The van der Waals surface area contributed by atoms with Crippen LogP contribution in [-0.2, 0) is 17.6 Å². The highest BCUT2D eigenvalue weighted by Crippen LogP contribution is 2.29. The van der Waals surface area contributed by atoms with Gasteiger partial charge >= 0.3 is 0 Å². The highest BCUT2D eigenvalue weighted by molar-refractivity contribution is 5.85. The van der Waals surface area contributed by atoms with Gasteiger partial charge in [0.25, 0.3) is 0 Å². The molecule has 0 spiro atoms. The van der Waals surface area contributed by atoms with Gasteiger partial charge in [0.05, 0.1) is 12.1 Å². The van der Waals surface area contributed by atoms with Crippen LogP contribution in [0.3, 0.4) is 0 Å². The van der Waals surface area contributed by atoms with Gasteiger partial charge in [-0.25, -0.2) is 0 Å². The number of hydrogen-bond donors (Lipinski definition) is 2. The van der Waals surface area contributed by atoms with E-state index in [1.54, 1.807) is 0 Å². The molecule has 2 aromatic carbocycles. The maximum absolute atomic E-state index is 12.3. The Morgan fingerprint density at radius 1 is 1.15 bits per heavy atom. The number of amides is 1. The molecule has 3 aromatic rings. The number of halogens is 1. The van der Waals surface area contributed by atoms with Crippen molar-refractivity contribution in [2.24, 2.45) is 5.73 Å². The number of hydrogen-bond acceptors (Lipinski definition) is 5. The Hall–Kier alpha value is -2.70. The molecule has 27 heavy (non-hydrogen) atoms. The van der Waals surface area contributed by atoms with Gasteiger partial charge in [0.2, 0.25) is 17.6 Å². The van der Waals surface area contributed by atoms with Crippen molar-refractivity contribution >= 4 is 18.3 Å². The summed E-state index contributed by atoms with van der Waals surface area (Å²) in [7, 11) is 0. The van der Waals surface area contributed by atoms with E-state index in [1.165, 1.54) is 5.56 Å². The SMILES string of the molecule is Cl.N[C@H]1c2ccccc2C[C@@H]1NC(=O)CCc1nc(-c2ccccc2)no1. The van der Waals surface area contributed by atoms with E-state index in [0.29, 0.717) is 18.1 Å². The maximum atomic E-state index is 12.3. The predicted molar refractivity (Wildman–Crippen MR) is 104 cm³/mol. The molecule has 1 amide bonds. The summed E-state index contributed by atoms with van der Waals surface area (Å²) in [6.07, 6.45) is 1.46. The highest BCUT2D eigenvalue weighted by atomic mass is 35.5. The predicted octanol–water partition coefficient (Wildman–Crippen LogP) is 2.83. The van der Waals surface area contributed by atoms with Crippen LogP contribution in [0, 0.1) is 0 Å². The quantitative estimate of drug-likeness (QED) is 0.705. The van der Waals surface area contributed by atoms with E-state index in [-0.39, 0.29) is 36.8 Å². The molecular formula is C20H21ClN4O2. The summed E-state index contributed by atoms with van der Waals surface area (Å²) in [5.74, 6) is 0.935. The molecule has 1 heterocycles. The van der Waals surface area contributed by atoms with Crippen molar-refractivity contribution in [3.05, 3.63) is 71.6 Å². The lowest BCUT2D eigenvalue weighted by atomic mass is 10.1. The molecule has 0 fully saturated rings. The third-order valence-corrected chi connectivity index (χ3v) is 4.70. The van der Waals surface area contributed by atoms with Crippen molar-refractivity contribution in [3.8, 4) is 11.4 Å². The zero-order valence-corrected chi connectivity index (χ0v) is 15.5. The molecule has 0 saturated heterocycles. The molecule has 4 rings (SSSR count). The third-order valence-electron chi connectivity index (χ3n) is 4.70. The third kappa shape index (κ3) is 4.18. The molecule has 6 nitrogen and oxygen atoms in total. The number of aryl methyl sites for hydroxylation is 1. The molecular weight excluding hydrogens is 364 g/mol. The van der Waals surface area contributed by atoms with Gasteiger partial charge in [-0.2, -0.15) is 4.98 Å². The smallest absolute Gasteiger partial charge is 0.227 e. The molecule has 3 N–H and O–H groups in total. The summed E-state index contributed by atoms with van der Waals surface area (Å²) in [6.45, 7) is 0. The first-order chi connectivity index (χ1) is 12.7. The van der Waals surface area contributed by atoms with E-state index < -0.39 is 0 Å². The van der Waals surface area contributed by atoms with E-state index in [0.717, 1.165) is 17.5 Å². The van der Waals surface area contributed by atoms with Crippen LogP contribution >= 0.6 is 12.4 Å². The highest BCUT2D eigenvalue weighted by Gasteiger charge is 2.30. The average molecular weight is 385 g/mol. The molecule has 140 valence electrons. The van der Waals surface area contributed by atoms with Crippen molar-refractivity contribution in [2.75, 3.05) is 0 Å². The molecule has 1 aliphatic carbocycles. The maximum Gasteiger partial charge on any atom is 0.227 e. The van der Waals surface area contributed by atoms with Crippen molar-refractivity contribution < 1.29 is 9.32 Å². The molecule has 1 aromatic heterocycles. The zero-order chi connectivity index (χ0) is 17.9. The Balaban J connectivity index is 0.00000210. The molecule has 7 heteroatoms. The van der Waals surface area contributed by atoms with Crippen LogP contribution in [0.4, 0.5) is 0 Å². The minimum absolute atomic E-state index is 0. The number of nitrogens with zero attached hydrogens (tertiary/aromatic N) is 2. The Bertz CT molecular complexity index is 913. The van der Waals surface area contributed by atoms with E-state index >= 15 is 0 Å². The van der Waals surface area contributed by atoms with Crippen LogP contribution in [0.1, 0.15) is 29.5 Å². The summed E-state index contributed by atoms with van der Waals surface area (Å²) in [6, 6.07) is 17.4. The van der Waals surface area contributed by atoms with Crippen LogP contribution in [0.2, 0.25) is 0 Å². The van der Waals surface area contributed by atoms with Crippen LogP contribution < -0.4 is 11.1 Å². The number of carbonyl (C=O) groups excluding carboxylic acids is 1. The standard InChI is InChI=1S/C20H20N4O2.ClH/c21-19-15-9-5-4-8-14(15)12-16(19)22-17(25)10-11-18-23-20(24-26-18)13-6-2-1-3-7-13;/h1-9,16,19H,10-12,21H2,(H,22,25);1H/t16-,19-;/m0./s1. The molecule has 0 aliphatic heterocycles. The van der Waals surface area contributed by atoms with Crippen molar-refractivity contribution in [1.82, 2.24) is 15.5 Å². The molecule has 0 saturated carbocycles. The van der Waals surface area contributed by atoms with Gasteiger partial charge in [0.15, 0.2) is 0 Å². The first-order valence-electron chi connectivity index (χ1n) is 8.71. The second-order valence-electron chi connectivity index (χ2n) is 6.48.